The molecular weight excluding hydrogens is 190 g/mol. The summed E-state index contributed by atoms with van der Waals surface area (Å²) in [5.74, 6) is -1.07. The fraction of sp³-hybridized carbons (Fsp3) is 0.400. The van der Waals surface area contributed by atoms with E-state index in [9.17, 15) is 8.78 Å². The smallest absolute Gasteiger partial charge is 0.136 e. The van der Waals surface area contributed by atoms with E-state index < -0.39 is 17.2 Å². The Morgan fingerprint density at radius 1 is 1.36 bits per heavy atom. The quantitative estimate of drug-likeness (QED) is 0.683. The van der Waals surface area contributed by atoms with Crippen molar-refractivity contribution in [2.24, 2.45) is 0 Å². The lowest BCUT2D eigenvalue weighted by Crippen LogP contribution is -2.09. The van der Waals surface area contributed by atoms with Crippen LogP contribution in [-0.2, 0) is 10.3 Å². The Labute approximate surface area is 80.4 Å². The first kappa shape index (κ1) is 9.40. The number of hydrogen-bond acceptors (Lipinski definition) is 2. The molecule has 2 rings (SSSR count). The summed E-state index contributed by atoms with van der Waals surface area (Å²) in [6.45, 7) is 2.01. The third-order valence-corrected chi connectivity index (χ3v) is 2.36. The molecule has 0 radical (unpaired) electrons. The fourth-order valence-corrected chi connectivity index (χ4v) is 1.43. The Kier molecular flexibility index (Phi) is 1.96. The van der Waals surface area contributed by atoms with Crippen molar-refractivity contribution >= 4 is 0 Å². The van der Waals surface area contributed by atoms with Gasteiger partial charge in [0.2, 0.25) is 0 Å². The summed E-state index contributed by atoms with van der Waals surface area (Å²) in [7, 11) is 1.36. The van der Waals surface area contributed by atoms with Gasteiger partial charge in [-0.1, -0.05) is 0 Å². The van der Waals surface area contributed by atoms with Gasteiger partial charge >= 0.3 is 0 Å². The number of benzene rings is 1. The third kappa shape index (κ3) is 1.35. The molecule has 1 unspecified atom stereocenters. The van der Waals surface area contributed by atoms with Gasteiger partial charge in [-0.15, -0.1) is 0 Å². The zero-order valence-corrected chi connectivity index (χ0v) is 7.93. The van der Waals surface area contributed by atoms with Crippen LogP contribution in [0.15, 0.2) is 12.1 Å². The molecule has 1 fully saturated rings. The molecule has 1 aromatic carbocycles. The number of hydrogen-bond donors (Lipinski definition) is 0. The zero-order chi connectivity index (χ0) is 10.3. The van der Waals surface area contributed by atoms with Gasteiger partial charge in [-0.2, -0.15) is 0 Å². The first-order valence-electron chi connectivity index (χ1n) is 4.24. The van der Waals surface area contributed by atoms with Crippen molar-refractivity contribution in [3.8, 4) is 5.75 Å². The molecule has 1 aliphatic heterocycles. The summed E-state index contributed by atoms with van der Waals surface area (Å²) in [5.41, 5.74) is -0.807. The lowest BCUT2D eigenvalue weighted by Gasteiger charge is -2.10. The minimum Gasteiger partial charge on any atom is -0.497 e. The largest absolute Gasteiger partial charge is 0.497 e. The molecule has 1 saturated heterocycles. The van der Waals surface area contributed by atoms with Crippen LogP contribution in [0.3, 0.4) is 0 Å². The van der Waals surface area contributed by atoms with E-state index in [0.717, 1.165) is 12.1 Å². The van der Waals surface area contributed by atoms with Crippen LogP contribution in [0.5, 0.6) is 5.75 Å². The molecule has 76 valence electrons. The minimum atomic E-state index is -0.791. The Hall–Kier alpha value is -1.16. The predicted octanol–water partition coefficient (Wildman–Crippen LogP) is 2.22. The molecule has 1 heterocycles. The van der Waals surface area contributed by atoms with E-state index >= 15 is 0 Å². The molecule has 0 aromatic heterocycles. The number of rotatable bonds is 2. The van der Waals surface area contributed by atoms with Crippen molar-refractivity contribution in [2.45, 2.75) is 12.5 Å². The van der Waals surface area contributed by atoms with Crippen molar-refractivity contribution in [3.05, 3.63) is 29.3 Å². The molecule has 4 heteroatoms. The van der Waals surface area contributed by atoms with Crippen LogP contribution in [-0.4, -0.2) is 13.7 Å². The molecule has 2 nitrogen and oxygen atoms in total. The Morgan fingerprint density at radius 3 is 2.21 bits per heavy atom. The van der Waals surface area contributed by atoms with Gasteiger partial charge in [0.05, 0.1) is 19.3 Å². The molecule has 1 atom stereocenters. The lowest BCUT2D eigenvalue weighted by molar-refractivity contribution is 0.310. The topological polar surface area (TPSA) is 21.8 Å². The van der Waals surface area contributed by atoms with Crippen molar-refractivity contribution < 1.29 is 18.3 Å². The third-order valence-electron chi connectivity index (χ3n) is 2.36. The Balaban J connectivity index is 2.50. The average molecular weight is 200 g/mol. The van der Waals surface area contributed by atoms with E-state index in [0.29, 0.717) is 6.61 Å². The molecular formula is C10H10F2O2. The van der Waals surface area contributed by atoms with Crippen LogP contribution >= 0.6 is 0 Å². The number of epoxide rings is 1. The summed E-state index contributed by atoms with van der Waals surface area (Å²) in [4.78, 5) is 0. The highest BCUT2D eigenvalue weighted by molar-refractivity contribution is 5.35. The van der Waals surface area contributed by atoms with Gasteiger partial charge in [0.25, 0.3) is 0 Å². The van der Waals surface area contributed by atoms with Crippen LogP contribution in [0.4, 0.5) is 8.78 Å². The van der Waals surface area contributed by atoms with E-state index in [4.69, 9.17) is 9.47 Å². The first-order valence-corrected chi connectivity index (χ1v) is 4.24. The summed E-state index contributed by atoms with van der Waals surface area (Å²) < 4.78 is 36.6. The standard InChI is InChI=1S/C10H10F2O2/c1-10(5-14-10)9-7(11)3-6(13-2)4-8(9)12/h3-4H,5H2,1-2H3. The highest BCUT2D eigenvalue weighted by Gasteiger charge is 2.45. The second-order valence-electron chi connectivity index (χ2n) is 3.49. The predicted molar refractivity (Wildman–Crippen MR) is 46.2 cm³/mol. The second kappa shape index (κ2) is 2.92. The molecule has 0 aliphatic carbocycles. The molecule has 0 spiro atoms. The second-order valence-corrected chi connectivity index (χ2v) is 3.49. The van der Waals surface area contributed by atoms with Crippen molar-refractivity contribution in [2.75, 3.05) is 13.7 Å². The van der Waals surface area contributed by atoms with Gasteiger partial charge in [0.1, 0.15) is 23.0 Å². The monoisotopic (exact) mass is 200 g/mol. The van der Waals surface area contributed by atoms with Crippen LogP contribution in [0.25, 0.3) is 0 Å². The SMILES string of the molecule is COc1cc(F)c(C2(C)CO2)c(F)c1. The van der Waals surface area contributed by atoms with Gasteiger partial charge < -0.3 is 9.47 Å². The first-order chi connectivity index (χ1) is 6.57. The minimum absolute atomic E-state index is 0.0155. The summed E-state index contributed by atoms with van der Waals surface area (Å²) >= 11 is 0. The summed E-state index contributed by atoms with van der Waals surface area (Å²) in [6.07, 6.45) is 0. The van der Waals surface area contributed by atoms with Crippen LogP contribution in [0, 0.1) is 11.6 Å². The highest BCUT2D eigenvalue weighted by Crippen LogP contribution is 2.41. The molecule has 1 aromatic rings. The van der Waals surface area contributed by atoms with E-state index in [1.165, 1.54) is 7.11 Å². The number of methoxy groups -OCH3 is 1. The van der Waals surface area contributed by atoms with Gasteiger partial charge in [-0.25, -0.2) is 8.78 Å². The van der Waals surface area contributed by atoms with Crippen LogP contribution in [0.2, 0.25) is 0 Å². The summed E-state index contributed by atoms with van der Waals surface area (Å²) in [6, 6.07) is 2.32. The maximum atomic E-state index is 13.4. The molecule has 1 aliphatic rings. The highest BCUT2D eigenvalue weighted by atomic mass is 19.1. The van der Waals surface area contributed by atoms with E-state index in [1.807, 2.05) is 0 Å². The summed E-state index contributed by atoms with van der Waals surface area (Å²) in [5, 5.41) is 0. The number of ether oxygens (including phenoxy) is 2. The maximum absolute atomic E-state index is 13.4. The normalized spacial score (nSPS) is 24.9. The van der Waals surface area contributed by atoms with Gasteiger partial charge in [0, 0.05) is 12.1 Å². The Bertz CT molecular complexity index is 349. The molecule has 0 bridgehead atoms. The van der Waals surface area contributed by atoms with Gasteiger partial charge in [0.15, 0.2) is 0 Å². The molecule has 0 N–H and O–H groups in total. The van der Waals surface area contributed by atoms with E-state index in [2.05, 4.69) is 0 Å². The van der Waals surface area contributed by atoms with E-state index in [-0.39, 0.29) is 11.3 Å². The molecule has 0 saturated carbocycles. The van der Waals surface area contributed by atoms with Gasteiger partial charge in [-0.05, 0) is 6.92 Å². The van der Waals surface area contributed by atoms with Crippen molar-refractivity contribution in [1.82, 2.24) is 0 Å². The van der Waals surface area contributed by atoms with Gasteiger partial charge in [-0.3, -0.25) is 0 Å². The number of halogens is 2. The van der Waals surface area contributed by atoms with Crippen molar-refractivity contribution in [3.63, 3.8) is 0 Å². The zero-order valence-electron chi connectivity index (χ0n) is 7.93. The lowest BCUT2D eigenvalue weighted by atomic mass is 10.0. The van der Waals surface area contributed by atoms with E-state index in [1.54, 1.807) is 6.92 Å². The average Bonchev–Trinajstić information content (AvgIpc) is 2.82. The van der Waals surface area contributed by atoms with Crippen LogP contribution in [0.1, 0.15) is 12.5 Å². The molecule has 0 amide bonds. The fourth-order valence-electron chi connectivity index (χ4n) is 1.43. The van der Waals surface area contributed by atoms with Crippen LogP contribution < -0.4 is 4.74 Å². The van der Waals surface area contributed by atoms with Crippen molar-refractivity contribution in [1.29, 1.82) is 0 Å². The maximum Gasteiger partial charge on any atom is 0.136 e. The molecule has 14 heavy (non-hydrogen) atoms. The Morgan fingerprint density at radius 2 is 1.86 bits per heavy atom.